The van der Waals surface area contributed by atoms with E-state index in [4.69, 9.17) is 4.74 Å². The van der Waals surface area contributed by atoms with Crippen molar-refractivity contribution in [3.63, 3.8) is 0 Å². The average molecular weight is 167 g/mol. The Morgan fingerprint density at radius 1 is 1.58 bits per heavy atom. The summed E-state index contributed by atoms with van der Waals surface area (Å²) >= 11 is 0. The van der Waals surface area contributed by atoms with Crippen LogP contribution in [0.3, 0.4) is 0 Å². The molecule has 0 radical (unpaired) electrons. The van der Waals surface area contributed by atoms with Gasteiger partial charge in [-0.25, -0.2) is 0 Å². The van der Waals surface area contributed by atoms with E-state index >= 15 is 0 Å². The predicted molar refractivity (Wildman–Crippen MR) is 45.2 cm³/mol. The van der Waals surface area contributed by atoms with Crippen molar-refractivity contribution in [2.45, 2.75) is 19.4 Å². The molecule has 2 heterocycles. The fourth-order valence-electron chi connectivity index (χ4n) is 1.25. The van der Waals surface area contributed by atoms with Gasteiger partial charge in [0, 0.05) is 24.8 Å². The molecule has 66 valence electrons. The first-order valence-corrected chi connectivity index (χ1v) is 4.10. The zero-order valence-corrected chi connectivity index (χ0v) is 7.35. The van der Waals surface area contributed by atoms with E-state index in [1.54, 1.807) is 0 Å². The van der Waals surface area contributed by atoms with Gasteiger partial charge in [0.2, 0.25) is 5.88 Å². The van der Waals surface area contributed by atoms with Gasteiger partial charge in [0.15, 0.2) is 0 Å². The van der Waals surface area contributed by atoms with Gasteiger partial charge >= 0.3 is 0 Å². The minimum Gasteiger partial charge on any atom is -0.468 e. The number of hydrogen-bond acceptors (Lipinski definition) is 3. The largest absolute Gasteiger partial charge is 0.468 e. The van der Waals surface area contributed by atoms with Crippen LogP contribution in [0.25, 0.3) is 0 Å². The van der Waals surface area contributed by atoms with Crippen LogP contribution in [-0.2, 0) is 0 Å². The van der Waals surface area contributed by atoms with Gasteiger partial charge in [0.05, 0.1) is 0 Å². The van der Waals surface area contributed by atoms with Crippen LogP contribution in [0.1, 0.15) is 12.6 Å². The molecular formula is C8H13N3O. The summed E-state index contributed by atoms with van der Waals surface area (Å²) in [4.78, 5) is 0. The summed E-state index contributed by atoms with van der Waals surface area (Å²) in [7, 11) is 0. The fourth-order valence-corrected chi connectivity index (χ4v) is 1.25. The highest BCUT2D eigenvalue weighted by molar-refractivity contribution is 5.14. The van der Waals surface area contributed by atoms with E-state index in [1.165, 1.54) is 0 Å². The van der Waals surface area contributed by atoms with E-state index < -0.39 is 0 Å². The van der Waals surface area contributed by atoms with E-state index in [9.17, 15) is 0 Å². The van der Waals surface area contributed by atoms with Crippen molar-refractivity contribution in [3.8, 4) is 5.88 Å². The number of ether oxygens (including phenoxy) is 1. The number of rotatable bonds is 2. The lowest BCUT2D eigenvalue weighted by atomic mass is 10.0. The Morgan fingerprint density at radius 2 is 2.33 bits per heavy atom. The van der Waals surface area contributed by atoms with E-state index in [0.29, 0.717) is 5.88 Å². The third kappa shape index (κ3) is 1.30. The van der Waals surface area contributed by atoms with Gasteiger partial charge in [0.25, 0.3) is 0 Å². The summed E-state index contributed by atoms with van der Waals surface area (Å²) in [5.41, 5.74) is 0.975. The molecule has 0 atom stereocenters. The number of H-pyrrole nitrogens is 1. The Balaban J connectivity index is 2.03. The highest BCUT2D eigenvalue weighted by Gasteiger charge is 2.34. The van der Waals surface area contributed by atoms with Gasteiger partial charge in [-0.3, -0.25) is 5.10 Å². The summed E-state index contributed by atoms with van der Waals surface area (Å²) in [6.07, 6.45) is 0. The number of hydrogen-bond donors (Lipinski definition) is 2. The number of nitrogens with zero attached hydrogens (tertiary/aromatic N) is 1. The number of aromatic amines is 1. The molecule has 1 fully saturated rings. The maximum atomic E-state index is 5.65. The Hall–Kier alpha value is -1.03. The Morgan fingerprint density at radius 3 is 2.75 bits per heavy atom. The van der Waals surface area contributed by atoms with Crippen molar-refractivity contribution in [1.29, 1.82) is 0 Å². The first kappa shape index (κ1) is 7.61. The van der Waals surface area contributed by atoms with Crippen molar-refractivity contribution in [2.75, 3.05) is 13.1 Å². The van der Waals surface area contributed by atoms with E-state index in [-0.39, 0.29) is 5.60 Å². The monoisotopic (exact) mass is 167 g/mol. The highest BCUT2D eigenvalue weighted by atomic mass is 16.5. The van der Waals surface area contributed by atoms with Crippen LogP contribution in [0.15, 0.2) is 6.07 Å². The summed E-state index contributed by atoms with van der Waals surface area (Å²) in [6.45, 7) is 5.84. The number of nitrogens with one attached hydrogen (secondary N) is 2. The fraction of sp³-hybridized carbons (Fsp3) is 0.625. The Labute approximate surface area is 71.3 Å². The van der Waals surface area contributed by atoms with E-state index in [0.717, 1.165) is 18.8 Å². The molecule has 0 aliphatic carbocycles. The lowest BCUT2D eigenvalue weighted by Crippen LogP contribution is -2.61. The predicted octanol–water partition coefficient (Wildman–Crippen LogP) is 0.459. The molecule has 12 heavy (non-hydrogen) atoms. The average Bonchev–Trinajstić information content (AvgIpc) is 2.32. The van der Waals surface area contributed by atoms with Crippen LogP contribution in [0.4, 0.5) is 0 Å². The molecule has 0 unspecified atom stereocenters. The lowest BCUT2D eigenvalue weighted by molar-refractivity contribution is 0.0304. The smallest absolute Gasteiger partial charge is 0.233 e. The molecule has 0 saturated carbocycles. The van der Waals surface area contributed by atoms with Crippen molar-refractivity contribution in [3.05, 3.63) is 11.8 Å². The summed E-state index contributed by atoms with van der Waals surface area (Å²) < 4.78 is 5.65. The van der Waals surface area contributed by atoms with Crippen molar-refractivity contribution in [2.24, 2.45) is 0 Å². The second-order valence-electron chi connectivity index (χ2n) is 3.54. The quantitative estimate of drug-likeness (QED) is 0.672. The van der Waals surface area contributed by atoms with Crippen LogP contribution >= 0.6 is 0 Å². The third-order valence-electron chi connectivity index (χ3n) is 2.03. The zero-order chi connectivity index (χ0) is 8.60. The zero-order valence-electron chi connectivity index (χ0n) is 7.35. The first-order valence-electron chi connectivity index (χ1n) is 4.10. The minimum absolute atomic E-state index is 0.0539. The van der Waals surface area contributed by atoms with Gasteiger partial charge in [-0.05, 0) is 13.8 Å². The summed E-state index contributed by atoms with van der Waals surface area (Å²) in [6, 6.07) is 1.91. The van der Waals surface area contributed by atoms with Gasteiger partial charge < -0.3 is 10.1 Å². The molecule has 0 amide bonds. The normalized spacial score (nSPS) is 20.2. The van der Waals surface area contributed by atoms with Crippen molar-refractivity contribution < 1.29 is 4.74 Å². The highest BCUT2D eigenvalue weighted by Crippen LogP contribution is 2.19. The van der Waals surface area contributed by atoms with Crippen LogP contribution in [0, 0.1) is 6.92 Å². The molecule has 4 heteroatoms. The first-order chi connectivity index (χ1) is 5.68. The van der Waals surface area contributed by atoms with Crippen LogP contribution in [0.2, 0.25) is 0 Å². The molecule has 1 saturated heterocycles. The number of aromatic nitrogens is 2. The molecule has 0 bridgehead atoms. The molecule has 2 N–H and O–H groups in total. The topological polar surface area (TPSA) is 49.9 Å². The van der Waals surface area contributed by atoms with Crippen LogP contribution in [0.5, 0.6) is 5.88 Å². The molecule has 2 rings (SSSR count). The van der Waals surface area contributed by atoms with Gasteiger partial charge in [-0.15, -0.1) is 5.10 Å². The molecule has 1 aliphatic heterocycles. The van der Waals surface area contributed by atoms with Crippen LogP contribution < -0.4 is 10.1 Å². The lowest BCUT2D eigenvalue weighted by Gasteiger charge is -2.38. The second kappa shape index (κ2) is 2.48. The molecule has 1 aromatic rings. The standard InChI is InChI=1S/C8H13N3O/c1-6-3-7(11-10-6)12-8(2)4-9-5-8/h3,9H,4-5H2,1-2H3,(H,10,11). The Kier molecular flexibility index (Phi) is 1.58. The van der Waals surface area contributed by atoms with E-state index in [2.05, 4.69) is 22.4 Å². The SMILES string of the molecule is Cc1cc(OC2(C)CNC2)n[nH]1. The summed E-state index contributed by atoms with van der Waals surface area (Å²) in [5, 5.41) is 10.0. The maximum absolute atomic E-state index is 5.65. The van der Waals surface area contributed by atoms with E-state index in [1.807, 2.05) is 13.0 Å². The Bertz CT molecular complexity index is 278. The molecule has 4 nitrogen and oxygen atoms in total. The van der Waals surface area contributed by atoms with Crippen molar-refractivity contribution >= 4 is 0 Å². The van der Waals surface area contributed by atoms with Gasteiger partial charge in [-0.2, -0.15) is 0 Å². The molecule has 1 aromatic heterocycles. The second-order valence-corrected chi connectivity index (χ2v) is 3.54. The maximum Gasteiger partial charge on any atom is 0.233 e. The number of aryl methyl sites for hydroxylation is 1. The molecular weight excluding hydrogens is 154 g/mol. The van der Waals surface area contributed by atoms with Crippen LogP contribution in [-0.4, -0.2) is 28.9 Å². The minimum atomic E-state index is -0.0539. The van der Waals surface area contributed by atoms with Gasteiger partial charge in [0.1, 0.15) is 5.60 Å². The molecule has 0 spiro atoms. The summed E-state index contributed by atoms with van der Waals surface area (Å²) in [5.74, 6) is 0.691. The molecule has 1 aliphatic rings. The van der Waals surface area contributed by atoms with Gasteiger partial charge in [-0.1, -0.05) is 0 Å². The third-order valence-corrected chi connectivity index (χ3v) is 2.03. The molecule has 0 aromatic carbocycles. The van der Waals surface area contributed by atoms with Crippen molar-refractivity contribution in [1.82, 2.24) is 15.5 Å².